The molecule has 0 amide bonds. The minimum Gasteiger partial charge on any atom is -0.266 e. The number of hydrogen-bond donors (Lipinski definition) is 0. The van der Waals surface area contributed by atoms with Crippen molar-refractivity contribution in [2.75, 3.05) is 0 Å². The van der Waals surface area contributed by atoms with Crippen molar-refractivity contribution in [1.29, 1.82) is 0 Å². The van der Waals surface area contributed by atoms with Gasteiger partial charge in [0.1, 0.15) is 5.71 Å². The van der Waals surface area contributed by atoms with Gasteiger partial charge in [-0.2, -0.15) is 10.5 Å². The first-order chi connectivity index (χ1) is 5.38. The summed E-state index contributed by atoms with van der Waals surface area (Å²) in [7, 11) is 1.88. The Morgan fingerprint density at radius 3 is 2.91 bits per heavy atom. The molecule has 0 fully saturated rings. The van der Waals surface area contributed by atoms with E-state index in [0.717, 1.165) is 11.4 Å². The van der Waals surface area contributed by atoms with E-state index in [4.69, 9.17) is 0 Å². The highest BCUT2D eigenvalue weighted by Crippen LogP contribution is 2.03. The van der Waals surface area contributed by atoms with Crippen LogP contribution in [0.1, 0.15) is 5.69 Å². The lowest BCUT2D eigenvalue weighted by Crippen LogP contribution is -2.03. The highest BCUT2D eigenvalue weighted by atomic mass is 15.3. The highest BCUT2D eigenvalue weighted by Gasteiger charge is 2.07. The maximum absolute atomic E-state index is 4.02. The zero-order chi connectivity index (χ0) is 7.68. The van der Waals surface area contributed by atoms with Gasteiger partial charge in [0.05, 0.1) is 11.9 Å². The van der Waals surface area contributed by atoms with Gasteiger partial charge in [-0.25, -0.2) is 0 Å². The van der Waals surface area contributed by atoms with Crippen molar-refractivity contribution in [3.05, 3.63) is 30.2 Å². The molecule has 2 rings (SSSR count). The molecule has 0 atom stereocenters. The summed E-state index contributed by atoms with van der Waals surface area (Å²) in [6, 6.07) is 1.91. The van der Waals surface area contributed by atoms with E-state index < -0.39 is 0 Å². The Labute approximate surface area is 64.2 Å². The zero-order valence-electron chi connectivity index (χ0n) is 6.10. The fraction of sp³-hybridized carbons (Fsp3) is 0.143. The Morgan fingerprint density at radius 1 is 1.45 bits per heavy atom. The fourth-order valence-corrected chi connectivity index (χ4v) is 0.995. The van der Waals surface area contributed by atoms with Gasteiger partial charge in [-0.05, 0) is 12.1 Å². The van der Waals surface area contributed by atoms with Crippen LogP contribution >= 0.6 is 0 Å². The molecule has 1 aromatic rings. The lowest BCUT2D eigenvalue weighted by atomic mass is 10.3. The Bertz CT molecular complexity index is 321. The Morgan fingerprint density at radius 2 is 2.36 bits per heavy atom. The van der Waals surface area contributed by atoms with Crippen molar-refractivity contribution in [2.24, 2.45) is 12.1 Å². The van der Waals surface area contributed by atoms with Crippen LogP contribution in [0.25, 0.3) is 0 Å². The van der Waals surface area contributed by atoms with E-state index in [1.165, 1.54) is 0 Å². The molecular weight excluding hydrogens is 140 g/mol. The lowest BCUT2D eigenvalue weighted by molar-refractivity contribution is 0.759. The molecule has 0 spiro atoms. The van der Waals surface area contributed by atoms with Crippen LogP contribution in [0.5, 0.6) is 0 Å². The van der Waals surface area contributed by atoms with E-state index in [9.17, 15) is 0 Å². The van der Waals surface area contributed by atoms with E-state index in [2.05, 4.69) is 15.6 Å². The van der Waals surface area contributed by atoms with Gasteiger partial charge in [-0.15, -0.1) is 5.10 Å². The van der Waals surface area contributed by atoms with Gasteiger partial charge in [-0.3, -0.25) is 4.68 Å². The van der Waals surface area contributed by atoms with Gasteiger partial charge in [-0.1, -0.05) is 0 Å². The van der Waals surface area contributed by atoms with Gasteiger partial charge >= 0.3 is 0 Å². The van der Waals surface area contributed by atoms with Crippen LogP contribution in [0.2, 0.25) is 0 Å². The van der Waals surface area contributed by atoms with Crippen LogP contribution < -0.4 is 5.43 Å². The molecule has 1 aliphatic heterocycles. The topological polar surface area (TPSA) is 44.3 Å². The molecule has 0 N–H and O–H groups in total. The first-order valence-corrected chi connectivity index (χ1v) is 3.30. The monoisotopic (exact) mass is 147 g/mol. The van der Waals surface area contributed by atoms with Crippen LogP contribution in [-0.2, 0) is 7.05 Å². The molecule has 1 aliphatic rings. The molecule has 0 saturated heterocycles. The standard InChI is InChI=1S/C7H7N4/c1-11-7(3-5-9-11)6-2-4-8-10-6/h2-5H,1H3. The van der Waals surface area contributed by atoms with Crippen LogP contribution in [-0.4, -0.2) is 15.5 Å². The third-order valence-corrected chi connectivity index (χ3v) is 1.55. The fourth-order valence-electron chi connectivity index (χ4n) is 0.995. The van der Waals surface area contributed by atoms with Gasteiger partial charge in [0.2, 0.25) is 0 Å². The number of hydrogen-bond acceptors (Lipinski definition) is 2. The largest absolute Gasteiger partial charge is 0.266 e. The quantitative estimate of drug-likeness (QED) is 0.561. The molecule has 0 unspecified atom stereocenters. The summed E-state index contributed by atoms with van der Waals surface area (Å²) in [5.41, 5.74) is 5.58. The molecule has 1 aromatic heterocycles. The van der Waals surface area contributed by atoms with Crippen molar-refractivity contribution in [3.63, 3.8) is 0 Å². The third-order valence-electron chi connectivity index (χ3n) is 1.55. The summed E-state index contributed by atoms with van der Waals surface area (Å²) in [5.74, 6) is 0. The first kappa shape index (κ1) is 6.15. The third kappa shape index (κ3) is 0.920. The summed E-state index contributed by atoms with van der Waals surface area (Å²) >= 11 is 0. The summed E-state index contributed by atoms with van der Waals surface area (Å²) in [6.45, 7) is 0. The Hall–Kier alpha value is -1.58. The van der Waals surface area contributed by atoms with Gasteiger partial charge in [0.15, 0.2) is 0 Å². The van der Waals surface area contributed by atoms with Crippen molar-refractivity contribution in [2.45, 2.75) is 0 Å². The molecule has 0 saturated carbocycles. The number of aryl methyl sites for hydroxylation is 1. The summed E-state index contributed by atoms with van der Waals surface area (Å²) in [6.07, 6.45) is 5.27. The molecule has 4 heteroatoms. The Balaban J connectivity index is 2.43. The Kier molecular flexibility index (Phi) is 1.25. The minimum atomic E-state index is 0.866. The molecule has 1 radical (unpaired) electrons. The number of aromatic nitrogens is 2. The zero-order valence-corrected chi connectivity index (χ0v) is 6.10. The highest BCUT2D eigenvalue weighted by molar-refractivity contribution is 6.08. The van der Waals surface area contributed by atoms with Crippen molar-refractivity contribution in [1.82, 2.24) is 15.2 Å². The van der Waals surface area contributed by atoms with E-state index in [1.807, 2.05) is 19.2 Å². The first-order valence-electron chi connectivity index (χ1n) is 3.30. The number of nitrogens with zero attached hydrogens (tertiary/aromatic N) is 4. The van der Waals surface area contributed by atoms with Crippen LogP contribution in [0, 0.1) is 0 Å². The van der Waals surface area contributed by atoms with E-state index in [0.29, 0.717) is 0 Å². The van der Waals surface area contributed by atoms with E-state index in [-0.39, 0.29) is 0 Å². The van der Waals surface area contributed by atoms with Crippen LogP contribution in [0.15, 0.2) is 29.6 Å². The maximum atomic E-state index is 4.02. The molecule has 11 heavy (non-hydrogen) atoms. The van der Waals surface area contributed by atoms with Crippen LogP contribution in [0.3, 0.4) is 0 Å². The van der Waals surface area contributed by atoms with E-state index >= 15 is 0 Å². The SMILES string of the molecule is Cn1nccc1C1=N[N]C=C1. The smallest absolute Gasteiger partial charge is 0.113 e. The molecule has 0 bridgehead atoms. The van der Waals surface area contributed by atoms with Gasteiger partial charge in [0, 0.05) is 13.2 Å². The lowest BCUT2D eigenvalue weighted by Gasteiger charge is -1.95. The average molecular weight is 147 g/mol. The molecular formula is C7H7N4. The molecule has 0 aromatic carbocycles. The van der Waals surface area contributed by atoms with Gasteiger partial charge < -0.3 is 0 Å². The second kappa shape index (κ2) is 2.23. The average Bonchev–Trinajstić information content (AvgIpc) is 2.55. The number of allylic oxidation sites excluding steroid dienone is 1. The summed E-state index contributed by atoms with van der Waals surface area (Å²) < 4.78 is 1.77. The molecule has 0 aliphatic carbocycles. The van der Waals surface area contributed by atoms with Crippen molar-refractivity contribution in [3.8, 4) is 0 Å². The summed E-state index contributed by atoms with van der Waals surface area (Å²) in [4.78, 5) is 0. The molecule has 4 nitrogen and oxygen atoms in total. The predicted molar refractivity (Wildman–Crippen MR) is 41.0 cm³/mol. The second-order valence-electron chi connectivity index (χ2n) is 2.26. The second-order valence-corrected chi connectivity index (χ2v) is 2.26. The summed E-state index contributed by atoms with van der Waals surface area (Å²) in [5, 5.41) is 7.93. The van der Waals surface area contributed by atoms with E-state index in [1.54, 1.807) is 17.1 Å². The normalized spacial score (nSPS) is 14.8. The number of rotatable bonds is 1. The minimum absolute atomic E-state index is 0.866. The van der Waals surface area contributed by atoms with Crippen molar-refractivity contribution < 1.29 is 0 Å². The van der Waals surface area contributed by atoms with Gasteiger partial charge in [0.25, 0.3) is 0 Å². The molecule has 2 heterocycles. The maximum Gasteiger partial charge on any atom is 0.113 e. The molecule has 55 valence electrons. The van der Waals surface area contributed by atoms with Crippen molar-refractivity contribution >= 4 is 5.71 Å². The predicted octanol–water partition coefficient (Wildman–Crippen LogP) is 0.256. The van der Waals surface area contributed by atoms with Crippen LogP contribution in [0.4, 0.5) is 0 Å².